The standard InChI is InChI=1S/C30H34N4O6S/c1-5-34(6-2)14-13-31-29(36)27-18(3)26(32-19(27)4)16-24-23-15-22(11-12-25(23)33-28(24)35)41(39,40)17-20-7-9-21(10-8-20)30(37)38/h7-12,15-16,32H,5-6,13-14,17H2,1-4H3,(H,31,36)(H,33,35)(H,37,38)/b24-16-. The molecule has 3 aromatic rings. The molecule has 4 rings (SSSR count). The van der Waals surface area contributed by atoms with E-state index >= 15 is 0 Å². The molecule has 2 aromatic carbocycles. The second-order valence-electron chi connectivity index (χ2n) is 9.93. The number of nitrogens with zero attached hydrogens (tertiary/aromatic N) is 1. The molecule has 0 fully saturated rings. The molecule has 10 nitrogen and oxygen atoms in total. The Labute approximate surface area is 239 Å². The summed E-state index contributed by atoms with van der Waals surface area (Å²) in [5.41, 5.74) is 4.17. The Morgan fingerprint density at radius 2 is 1.73 bits per heavy atom. The number of nitrogens with one attached hydrogen (secondary N) is 3. The zero-order valence-electron chi connectivity index (χ0n) is 23.5. The van der Waals surface area contributed by atoms with Gasteiger partial charge in [-0.3, -0.25) is 9.59 Å². The number of anilines is 1. The molecule has 0 atom stereocenters. The Morgan fingerprint density at radius 1 is 1.05 bits per heavy atom. The van der Waals surface area contributed by atoms with E-state index in [0.717, 1.165) is 19.6 Å². The first-order valence-electron chi connectivity index (χ1n) is 13.4. The molecule has 0 unspecified atom stereocenters. The minimum Gasteiger partial charge on any atom is -0.478 e. The van der Waals surface area contributed by atoms with Crippen molar-refractivity contribution in [2.45, 2.75) is 38.3 Å². The molecule has 4 N–H and O–H groups in total. The van der Waals surface area contributed by atoms with Gasteiger partial charge in [-0.2, -0.15) is 0 Å². The number of hydrogen-bond donors (Lipinski definition) is 4. The van der Waals surface area contributed by atoms with Gasteiger partial charge < -0.3 is 25.6 Å². The second kappa shape index (κ2) is 12.1. The SMILES string of the molecule is CCN(CC)CCNC(=O)c1c(C)[nH]c(/C=C2\C(=O)Nc3ccc(S(=O)(=O)Cc4ccc(C(=O)O)cc4)cc32)c1C. The molecule has 0 bridgehead atoms. The number of carbonyl (C=O) groups is 3. The fraction of sp³-hybridized carbons (Fsp3) is 0.300. The number of carbonyl (C=O) groups excluding carboxylic acids is 2. The predicted molar refractivity (Wildman–Crippen MR) is 158 cm³/mol. The molecule has 0 saturated heterocycles. The van der Waals surface area contributed by atoms with E-state index in [9.17, 15) is 22.8 Å². The molecule has 1 aliphatic rings. The van der Waals surface area contributed by atoms with Gasteiger partial charge in [-0.25, -0.2) is 13.2 Å². The van der Waals surface area contributed by atoms with Gasteiger partial charge in [0.1, 0.15) is 0 Å². The van der Waals surface area contributed by atoms with Crippen molar-refractivity contribution in [3.05, 3.63) is 81.7 Å². The van der Waals surface area contributed by atoms with E-state index in [0.29, 0.717) is 45.9 Å². The molecule has 2 heterocycles. The van der Waals surface area contributed by atoms with E-state index in [4.69, 9.17) is 5.11 Å². The zero-order valence-corrected chi connectivity index (χ0v) is 24.3. The van der Waals surface area contributed by atoms with Crippen LogP contribution < -0.4 is 10.6 Å². The van der Waals surface area contributed by atoms with Gasteiger partial charge in [0.2, 0.25) is 0 Å². The number of rotatable bonds is 11. The lowest BCUT2D eigenvalue weighted by Gasteiger charge is -2.18. The van der Waals surface area contributed by atoms with E-state index in [1.807, 2.05) is 0 Å². The van der Waals surface area contributed by atoms with Crippen LogP contribution in [0.2, 0.25) is 0 Å². The van der Waals surface area contributed by atoms with Crippen molar-refractivity contribution in [2.75, 3.05) is 31.5 Å². The van der Waals surface area contributed by atoms with Crippen molar-refractivity contribution in [2.24, 2.45) is 0 Å². The highest BCUT2D eigenvalue weighted by molar-refractivity contribution is 7.90. The maximum Gasteiger partial charge on any atom is 0.335 e. The van der Waals surface area contributed by atoms with Gasteiger partial charge in [-0.15, -0.1) is 0 Å². The highest BCUT2D eigenvalue weighted by Crippen LogP contribution is 2.36. The number of likely N-dealkylation sites (N-methyl/N-ethyl adjacent to an activating group) is 1. The molecule has 216 valence electrons. The van der Waals surface area contributed by atoms with E-state index in [2.05, 4.69) is 34.4 Å². The fourth-order valence-electron chi connectivity index (χ4n) is 4.91. The summed E-state index contributed by atoms with van der Waals surface area (Å²) in [5, 5.41) is 14.8. The van der Waals surface area contributed by atoms with Crippen molar-refractivity contribution < 1.29 is 27.9 Å². The minimum atomic E-state index is -3.80. The number of aryl methyl sites for hydroxylation is 1. The van der Waals surface area contributed by atoms with Crippen molar-refractivity contribution in [3.8, 4) is 0 Å². The molecule has 41 heavy (non-hydrogen) atoms. The molecule has 0 saturated carbocycles. The Kier molecular flexibility index (Phi) is 8.79. The van der Waals surface area contributed by atoms with Gasteiger partial charge in [0.15, 0.2) is 9.84 Å². The molecule has 1 aromatic heterocycles. The third-order valence-electron chi connectivity index (χ3n) is 7.29. The van der Waals surface area contributed by atoms with Crippen LogP contribution in [0.3, 0.4) is 0 Å². The predicted octanol–water partition coefficient (Wildman–Crippen LogP) is 3.87. The molecule has 0 radical (unpaired) electrons. The molecule has 1 aliphatic heterocycles. The number of fused-ring (bicyclic) bond motifs is 1. The third-order valence-corrected chi connectivity index (χ3v) is 8.98. The number of hydrogen-bond acceptors (Lipinski definition) is 6. The highest BCUT2D eigenvalue weighted by Gasteiger charge is 2.28. The summed E-state index contributed by atoms with van der Waals surface area (Å²) in [6.07, 6.45) is 1.64. The maximum atomic E-state index is 13.2. The molecular weight excluding hydrogens is 544 g/mol. The highest BCUT2D eigenvalue weighted by atomic mass is 32.2. The van der Waals surface area contributed by atoms with Crippen LogP contribution in [0, 0.1) is 13.8 Å². The van der Waals surface area contributed by atoms with Crippen molar-refractivity contribution >= 4 is 45.0 Å². The maximum absolute atomic E-state index is 13.2. The number of aromatic carboxylic acids is 1. The summed E-state index contributed by atoms with van der Waals surface area (Å²) in [7, 11) is -3.80. The van der Waals surface area contributed by atoms with Gasteiger partial charge in [0, 0.05) is 35.7 Å². The van der Waals surface area contributed by atoms with E-state index in [1.54, 1.807) is 26.0 Å². The van der Waals surface area contributed by atoms with Gasteiger partial charge in [-0.1, -0.05) is 26.0 Å². The first-order valence-corrected chi connectivity index (χ1v) is 15.0. The molecule has 11 heteroatoms. The van der Waals surface area contributed by atoms with Crippen molar-refractivity contribution in [3.63, 3.8) is 0 Å². The van der Waals surface area contributed by atoms with Crippen LogP contribution in [0.25, 0.3) is 11.6 Å². The first-order chi connectivity index (χ1) is 19.4. The summed E-state index contributed by atoms with van der Waals surface area (Å²) in [5.74, 6) is -2.00. The largest absolute Gasteiger partial charge is 0.478 e. The second-order valence-corrected chi connectivity index (χ2v) is 11.9. The van der Waals surface area contributed by atoms with Crippen molar-refractivity contribution in [1.29, 1.82) is 0 Å². The topological polar surface area (TPSA) is 149 Å². The van der Waals surface area contributed by atoms with E-state index < -0.39 is 15.8 Å². The fourth-order valence-corrected chi connectivity index (χ4v) is 6.28. The number of aromatic amines is 1. The molecular formula is C30H34N4O6S. The third kappa shape index (κ3) is 6.41. The zero-order chi connectivity index (χ0) is 29.9. The summed E-state index contributed by atoms with van der Waals surface area (Å²) >= 11 is 0. The van der Waals surface area contributed by atoms with Crippen LogP contribution in [0.15, 0.2) is 47.4 Å². The molecule has 0 aliphatic carbocycles. The van der Waals surface area contributed by atoms with Crippen molar-refractivity contribution in [1.82, 2.24) is 15.2 Å². The minimum absolute atomic E-state index is 0.0358. The van der Waals surface area contributed by atoms with Crippen LogP contribution in [0.5, 0.6) is 0 Å². The summed E-state index contributed by atoms with van der Waals surface area (Å²) in [4.78, 5) is 42.4. The quantitative estimate of drug-likeness (QED) is 0.253. The number of benzene rings is 2. The average Bonchev–Trinajstić information content (AvgIpc) is 3.40. The summed E-state index contributed by atoms with van der Waals surface area (Å²) in [6, 6.07) is 10.1. The van der Waals surface area contributed by atoms with Crippen LogP contribution in [-0.4, -0.2) is 67.4 Å². The number of amides is 2. The van der Waals surface area contributed by atoms with Crippen LogP contribution in [0.4, 0.5) is 5.69 Å². The number of carboxylic acids is 1. The lowest BCUT2D eigenvalue weighted by atomic mass is 10.0. The van der Waals surface area contributed by atoms with E-state index in [1.165, 1.54) is 36.4 Å². The van der Waals surface area contributed by atoms with Gasteiger partial charge in [0.05, 0.1) is 27.3 Å². The first kappa shape index (κ1) is 29.8. The normalized spacial score (nSPS) is 13.9. The summed E-state index contributed by atoms with van der Waals surface area (Å²) < 4.78 is 26.4. The molecule has 2 amide bonds. The van der Waals surface area contributed by atoms with Crippen LogP contribution in [0.1, 0.15) is 62.6 Å². The number of sulfone groups is 1. The monoisotopic (exact) mass is 578 g/mol. The van der Waals surface area contributed by atoms with Gasteiger partial charge in [-0.05, 0) is 74.5 Å². The van der Waals surface area contributed by atoms with E-state index in [-0.39, 0.29) is 33.6 Å². The lowest BCUT2D eigenvalue weighted by Crippen LogP contribution is -2.35. The number of carboxylic acid groups (broad SMARTS) is 1. The molecule has 0 spiro atoms. The van der Waals surface area contributed by atoms with Gasteiger partial charge in [0.25, 0.3) is 11.8 Å². The smallest absolute Gasteiger partial charge is 0.335 e. The Hall–Kier alpha value is -4.22. The number of H-pyrrole nitrogens is 1. The Balaban J connectivity index is 1.59. The average molecular weight is 579 g/mol. The number of aromatic nitrogens is 1. The van der Waals surface area contributed by atoms with Crippen LogP contribution in [-0.2, 0) is 20.4 Å². The lowest BCUT2D eigenvalue weighted by molar-refractivity contribution is -0.110. The summed E-state index contributed by atoms with van der Waals surface area (Å²) in [6.45, 7) is 10.8. The Bertz CT molecular complexity index is 1630. The van der Waals surface area contributed by atoms with Crippen LogP contribution >= 0.6 is 0 Å². The van der Waals surface area contributed by atoms with Gasteiger partial charge >= 0.3 is 5.97 Å². The Morgan fingerprint density at radius 3 is 2.37 bits per heavy atom.